The maximum atomic E-state index is 5.80. The van der Waals surface area contributed by atoms with E-state index in [-0.39, 0.29) is 0 Å². The molecule has 0 aromatic rings. The maximum absolute atomic E-state index is 5.80. The quantitative estimate of drug-likeness (QED) is 0.611. The molecule has 0 amide bonds. The van der Waals surface area contributed by atoms with Crippen LogP contribution in [-0.4, -0.2) is 0 Å². The summed E-state index contributed by atoms with van der Waals surface area (Å²) < 4.78 is 0. The first kappa shape index (κ1) is 8.91. The van der Waals surface area contributed by atoms with Gasteiger partial charge in [-0.3, -0.25) is 0 Å². The molecule has 0 aliphatic heterocycles. The van der Waals surface area contributed by atoms with Gasteiger partial charge in [0.25, 0.3) is 0 Å². The van der Waals surface area contributed by atoms with Crippen LogP contribution in [-0.2, 0) is 0 Å². The summed E-state index contributed by atoms with van der Waals surface area (Å²) in [7, 11) is 0. The van der Waals surface area contributed by atoms with E-state index in [1.807, 2.05) is 0 Å². The van der Waals surface area contributed by atoms with Gasteiger partial charge in [0.15, 0.2) is 0 Å². The van der Waals surface area contributed by atoms with Crippen LogP contribution < -0.4 is 11.5 Å². The van der Waals surface area contributed by atoms with Crippen molar-refractivity contribution in [2.75, 3.05) is 0 Å². The monoisotopic (exact) mass is 164 g/mol. The van der Waals surface area contributed by atoms with Gasteiger partial charge in [-0.05, 0) is 37.3 Å². The van der Waals surface area contributed by atoms with Crippen LogP contribution in [0.25, 0.3) is 0 Å². The Hall–Kier alpha value is -1.18. The summed E-state index contributed by atoms with van der Waals surface area (Å²) >= 11 is 0. The van der Waals surface area contributed by atoms with Gasteiger partial charge in [-0.25, -0.2) is 0 Å². The Morgan fingerprint density at radius 3 is 2.67 bits per heavy atom. The first-order valence-electron chi connectivity index (χ1n) is 4.31. The van der Waals surface area contributed by atoms with Gasteiger partial charge in [-0.15, -0.1) is 0 Å². The average Bonchev–Trinajstić information content (AvgIpc) is 2.05. The molecule has 1 aliphatic rings. The highest BCUT2D eigenvalue weighted by molar-refractivity contribution is 5.33. The fraction of sp³-hybridized carbons (Fsp3) is 0.400. The maximum Gasteiger partial charge on any atom is 0.0363 e. The Balaban J connectivity index is 2.68. The van der Waals surface area contributed by atoms with Gasteiger partial charge in [0.2, 0.25) is 0 Å². The van der Waals surface area contributed by atoms with E-state index >= 15 is 0 Å². The number of rotatable bonds is 2. The second-order valence-corrected chi connectivity index (χ2v) is 3.15. The van der Waals surface area contributed by atoms with Gasteiger partial charge in [0.05, 0.1) is 0 Å². The molecule has 2 heteroatoms. The van der Waals surface area contributed by atoms with Gasteiger partial charge in [0, 0.05) is 11.4 Å². The highest BCUT2D eigenvalue weighted by atomic mass is 14.6. The van der Waals surface area contributed by atoms with Crippen molar-refractivity contribution in [1.29, 1.82) is 0 Å². The molecular weight excluding hydrogens is 148 g/mol. The highest BCUT2D eigenvalue weighted by Crippen LogP contribution is 2.21. The molecule has 1 aliphatic carbocycles. The Kier molecular flexibility index (Phi) is 2.97. The van der Waals surface area contributed by atoms with Crippen molar-refractivity contribution in [3.63, 3.8) is 0 Å². The molecule has 66 valence electrons. The van der Waals surface area contributed by atoms with E-state index in [2.05, 4.69) is 12.7 Å². The largest absolute Gasteiger partial charge is 0.399 e. The summed E-state index contributed by atoms with van der Waals surface area (Å²) in [4.78, 5) is 0. The fourth-order valence-corrected chi connectivity index (χ4v) is 1.39. The summed E-state index contributed by atoms with van der Waals surface area (Å²) in [5.74, 6) is 0. The van der Waals surface area contributed by atoms with E-state index in [1.54, 1.807) is 6.08 Å². The zero-order valence-electron chi connectivity index (χ0n) is 7.34. The summed E-state index contributed by atoms with van der Waals surface area (Å²) in [6.07, 6.45) is 8.66. The predicted octanol–water partition coefficient (Wildman–Crippen LogP) is 1.80. The molecule has 0 atom stereocenters. The minimum absolute atomic E-state index is 0.527. The summed E-state index contributed by atoms with van der Waals surface area (Å²) in [6, 6.07) is 0. The Morgan fingerprint density at radius 2 is 2.17 bits per heavy atom. The third-order valence-electron chi connectivity index (χ3n) is 2.00. The van der Waals surface area contributed by atoms with Gasteiger partial charge in [-0.1, -0.05) is 12.7 Å². The van der Waals surface area contributed by atoms with E-state index in [0.29, 0.717) is 5.70 Å². The van der Waals surface area contributed by atoms with Gasteiger partial charge < -0.3 is 11.5 Å². The normalized spacial score (nSPS) is 18.7. The van der Waals surface area contributed by atoms with E-state index in [9.17, 15) is 0 Å². The van der Waals surface area contributed by atoms with E-state index in [1.165, 1.54) is 18.4 Å². The van der Waals surface area contributed by atoms with Crippen LogP contribution in [0.15, 0.2) is 35.7 Å². The van der Waals surface area contributed by atoms with Crippen molar-refractivity contribution < 1.29 is 0 Å². The lowest BCUT2D eigenvalue weighted by molar-refractivity contribution is 0.704. The summed E-state index contributed by atoms with van der Waals surface area (Å²) in [6.45, 7) is 3.58. The molecule has 12 heavy (non-hydrogen) atoms. The molecule has 0 radical (unpaired) electrons. The lowest BCUT2D eigenvalue weighted by Crippen LogP contribution is -2.06. The highest BCUT2D eigenvalue weighted by Gasteiger charge is 2.05. The lowest BCUT2D eigenvalue weighted by atomic mass is 9.97. The number of hydrogen-bond donors (Lipinski definition) is 2. The Morgan fingerprint density at radius 1 is 1.42 bits per heavy atom. The molecule has 4 N–H and O–H groups in total. The average molecular weight is 164 g/mol. The first-order chi connectivity index (χ1) is 5.70. The van der Waals surface area contributed by atoms with Crippen molar-refractivity contribution in [3.05, 3.63) is 35.7 Å². The molecular formula is C10H16N2. The van der Waals surface area contributed by atoms with Crippen LogP contribution in [0.5, 0.6) is 0 Å². The van der Waals surface area contributed by atoms with Crippen LogP contribution in [0.4, 0.5) is 0 Å². The molecule has 0 unspecified atom stereocenters. The SMILES string of the molecule is C=C(N)/C=C(\N)C1=CCCCC1. The van der Waals surface area contributed by atoms with Crippen molar-refractivity contribution in [2.24, 2.45) is 11.5 Å². The number of nitrogens with two attached hydrogens (primary N) is 2. The number of allylic oxidation sites excluding steroid dienone is 3. The van der Waals surface area contributed by atoms with Crippen LogP contribution in [0.2, 0.25) is 0 Å². The van der Waals surface area contributed by atoms with Gasteiger partial charge >= 0.3 is 0 Å². The molecule has 0 bridgehead atoms. The molecule has 0 heterocycles. The third kappa shape index (κ3) is 2.46. The van der Waals surface area contributed by atoms with Gasteiger partial charge in [-0.2, -0.15) is 0 Å². The summed E-state index contributed by atoms with van der Waals surface area (Å²) in [5, 5.41) is 0. The zero-order valence-corrected chi connectivity index (χ0v) is 7.34. The second kappa shape index (κ2) is 4.00. The van der Waals surface area contributed by atoms with Gasteiger partial charge in [0.1, 0.15) is 0 Å². The Labute approximate surface area is 73.6 Å². The predicted molar refractivity (Wildman–Crippen MR) is 52.1 cm³/mol. The molecule has 0 fully saturated rings. The second-order valence-electron chi connectivity index (χ2n) is 3.15. The van der Waals surface area contributed by atoms with Crippen molar-refractivity contribution in [2.45, 2.75) is 25.7 Å². The topological polar surface area (TPSA) is 52.0 Å². The van der Waals surface area contributed by atoms with Crippen LogP contribution in [0, 0.1) is 0 Å². The van der Waals surface area contributed by atoms with Crippen LogP contribution in [0.3, 0.4) is 0 Å². The third-order valence-corrected chi connectivity index (χ3v) is 2.00. The smallest absolute Gasteiger partial charge is 0.0363 e. The Bertz CT molecular complexity index is 236. The fourth-order valence-electron chi connectivity index (χ4n) is 1.39. The molecule has 0 saturated carbocycles. The van der Waals surface area contributed by atoms with Crippen LogP contribution >= 0.6 is 0 Å². The van der Waals surface area contributed by atoms with E-state index < -0.39 is 0 Å². The number of hydrogen-bond acceptors (Lipinski definition) is 2. The molecule has 0 spiro atoms. The molecule has 1 rings (SSSR count). The molecule has 0 aromatic carbocycles. The summed E-state index contributed by atoms with van der Waals surface area (Å²) in [5.41, 5.74) is 13.8. The molecule has 0 aromatic heterocycles. The van der Waals surface area contributed by atoms with Crippen molar-refractivity contribution in [3.8, 4) is 0 Å². The lowest BCUT2D eigenvalue weighted by Gasteiger charge is -2.12. The van der Waals surface area contributed by atoms with Crippen molar-refractivity contribution >= 4 is 0 Å². The molecule has 0 saturated heterocycles. The van der Waals surface area contributed by atoms with Crippen molar-refractivity contribution in [1.82, 2.24) is 0 Å². The zero-order chi connectivity index (χ0) is 8.97. The van der Waals surface area contributed by atoms with Crippen LogP contribution in [0.1, 0.15) is 25.7 Å². The standard InChI is InChI=1S/C10H16N2/c1-8(11)7-10(12)9-5-3-2-4-6-9/h5,7H,1-4,6,11-12H2/b10-7-. The van der Waals surface area contributed by atoms with E-state index in [0.717, 1.165) is 18.5 Å². The minimum atomic E-state index is 0.527. The first-order valence-corrected chi connectivity index (χ1v) is 4.31. The van der Waals surface area contributed by atoms with E-state index in [4.69, 9.17) is 11.5 Å². The minimum Gasteiger partial charge on any atom is -0.399 e. The molecule has 2 nitrogen and oxygen atoms in total.